The Morgan fingerprint density at radius 2 is 1.77 bits per heavy atom. The topological polar surface area (TPSA) is 98.7 Å². The molecule has 2 heterocycles. The molecule has 2 aliphatic heterocycles. The highest BCUT2D eigenvalue weighted by atomic mass is 32.2. The molecule has 0 aromatic heterocycles. The van der Waals surface area contributed by atoms with Crippen molar-refractivity contribution in [3.63, 3.8) is 0 Å². The van der Waals surface area contributed by atoms with E-state index in [0.717, 1.165) is 16.8 Å². The Balaban J connectivity index is 1.92. The Kier molecular flexibility index (Phi) is 8.89. The van der Waals surface area contributed by atoms with E-state index in [1.165, 1.54) is 4.90 Å². The molecule has 0 saturated heterocycles. The lowest BCUT2D eigenvalue weighted by molar-refractivity contribution is -0.143. The fraction of sp³-hybridized carbons (Fsp3) is 0.571. The standard InChI is InChI=1S/C28H40N2O4S/c1-16-8-7-9-17(2)26(33)18(3)27(34)28(5,6)24(31)15-25(32)30-21(12-10-16)20-11-13-23-22(14-20)29-19(4)35-23/h7-8,10-11,13-14,17-19,21,24,26,29,31,33H,9,12,15H2,1-6H3,(H,30,32)/b8-7+,16-10-/t17-,18+,19?,21-,24-,26-/m0/s1. The first kappa shape index (κ1) is 27.5. The first-order valence-corrected chi connectivity index (χ1v) is 13.4. The van der Waals surface area contributed by atoms with Crippen LogP contribution in [0.3, 0.4) is 0 Å². The summed E-state index contributed by atoms with van der Waals surface area (Å²) < 4.78 is 0. The van der Waals surface area contributed by atoms with E-state index in [1.807, 2.05) is 32.1 Å². The van der Waals surface area contributed by atoms with E-state index in [-0.39, 0.29) is 30.1 Å². The number of aliphatic hydroxyl groups is 2. The molecule has 0 saturated carbocycles. The molecule has 1 unspecified atom stereocenters. The summed E-state index contributed by atoms with van der Waals surface area (Å²) >= 11 is 1.77. The van der Waals surface area contributed by atoms with E-state index in [1.54, 1.807) is 32.5 Å². The van der Waals surface area contributed by atoms with Crippen LogP contribution in [0.15, 0.2) is 46.9 Å². The molecular weight excluding hydrogens is 460 g/mol. The molecule has 0 spiro atoms. The predicted octanol–water partition coefficient (Wildman–Crippen LogP) is 4.98. The van der Waals surface area contributed by atoms with Crippen molar-refractivity contribution >= 4 is 29.1 Å². The number of aliphatic hydroxyl groups excluding tert-OH is 2. The van der Waals surface area contributed by atoms with Crippen LogP contribution in [0, 0.1) is 17.3 Å². The van der Waals surface area contributed by atoms with Crippen LogP contribution < -0.4 is 10.6 Å². The molecule has 1 aromatic rings. The lowest BCUT2D eigenvalue weighted by atomic mass is 9.73. The van der Waals surface area contributed by atoms with Crippen molar-refractivity contribution in [3.8, 4) is 0 Å². The van der Waals surface area contributed by atoms with Gasteiger partial charge in [-0.3, -0.25) is 9.59 Å². The zero-order chi connectivity index (χ0) is 25.9. The van der Waals surface area contributed by atoms with Gasteiger partial charge in [-0.05, 0) is 50.3 Å². The lowest BCUT2D eigenvalue weighted by Gasteiger charge is -2.34. The van der Waals surface area contributed by atoms with Gasteiger partial charge in [0.1, 0.15) is 5.78 Å². The summed E-state index contributed by atoms with van der Waals surface area (Å²) in [4.78, 5) is 27.5. The molecule has 192 valence electrons. The van der Waals surface area contributed by atoms with Crippen LogP contribution in [0.5, 0.6) is 0 Å². The van der Waals surface area contributed by atoms with Crippen molar-refractivity contribution in [2.45, 2.75) is 89.3 Å². The van der Waals surface area contributed by atoms with Crippen LogP contribution in [0.4, 0.5) is 5.69 Å². The van der Waals surface area contributed by atoms with Crippen molar-refractivity contribution in [3.05, 3.63) is 47.6 Å². The average Bonchev–Trinajstić information content (AvgIpc) is 3.18. The fourth-order valence-corrected chi connectivity index (χ4v) is 5.72. The maximum absolute atomic E-state index is 13.2. The molecule has 1 amide bonds. The molecule has 1 aromatic carbocycles. The number of rotatable bonds is 1. The second kappa shape index (κ2) is 11.3. The van der Waals surface area contributed by atoms with Crippen molar-refractivity contribution in [2.75, 3.05) is 5.32 Å². The monoisotopic (exact) mass is 500 g/mol. The average molecular weight is 501 g/mol. The van der Waals surface area contributed by atoms with Gasteiger partial charge in [0.25, 0.3) is 0 Å². The van der Waals surface area contributed by atoms with Crippen LogP contribution in [0.2, 0.25) is 0 Å². The van der Waals surface area contributed by atoms with Crippen molar-refractivity contribution in [1.29, 1.82) is 0 Å². The van der Waals surface area contributed by atoms with E-state index in [4.69, 9.17) is 0 Å². The number of ketones is 1. The molecule has 6 atom stereocenters. The number of benzene rings is 1. The summed E-state index contributed by atoms with van der Waals surface area (Å²) in [5, 5.41) is 28.5. The van der Waals surface area contributed by atoms with Crippen LogP contribution in [0.1, 0.15) is 72.4 Å². The normalized spacial score (nSPS) is 34.8. The van der Waals surface area contributed by atoms with E-state index >= 15 is 0 Å². The largest absolute Gasteiger partial charge is 0.392 e. The number of carbonyl (C=O) groups excluding carboxylic acids is 2. The minimum Gasteiger partial charge on any atom is -0.392 e. The Morgan fingerprint density at radius 1 is 1.06 bits per heavy atom. The van der Waals surface area contributed by atoms with Gasteiger partial charge in [-0.2, -0.15) is 0 Å². The Bertz CT molecular complexity index is 1000. The van der Waals surface area contributed by atoms with Gasteiger partial charge >= 0.3 is 0 Å². The number of nitrogens with one attached hydrogen (secondary N) is 2. The van der Waals surface area contributed by atoms with Crippen LogP contribution >= 0.6 is 11.8 Å². The molecule has 4 N–H and O–H groups in total. The van der Waals surface area contributed by atoms with E-state index < -0.39 is 23.5 Å². The van der Waals surface area contributed by atoms with Crippen molar-refractivity contribution in [1.82, 2.24) is 5.32 Å². The molecule has 0 fully saturated rings. The highest BCUT2D eigenvalue weighted by molar-refractivity contribution is 8.00. The summed E-state index contributed by atoms with van der Waals surface area (Å²) in [6, 6.07) is 5.95. The maximum Gasteiger partial charge on any atom is 0.223 e. The van der Waals surface area contributed by atoms with Gasteiger partial charge in [-0.25, -0.2) is 0 Å². The molecule has 2 aliphatic rings. The Morgan fingerprint density at radius 3 is 2.49 bits per heavy atom. The number of Topliss-reactive ketones (excluding diaryl/α,β-unsaturated/α-hetero) is 1. The Hall–Kier alpha value is -2.09. The molecule has 6 nitrogen and oxygen atoms in total. The summed E-state index contributed by atoms with van der Waals surface area (Å²) in [7, 11) is 0. The molecule has 35 heavy (non-hydrogen) atoms. The number of thioether (sulfide) groups is 1. The SMILES string of the molecule is CC1=C/C[C@@H](c2ccc3c(c2)NC(C)S3)NC(=O)C[C@H](O)C(C)(C)C(=O)[C@H](C)[C@@H](O)[C@@H](C)C\C=C\1. The molecular formula is C28H40N2O4S. The van der Waals surface area contributed by atoms with Crippen LogP contribution in [0.25, 0.3) is 0 Å². The molecule has 0 bridgehead atoms. The fourth-order valence-electron chi connectivity index (χ4n) is 4.76. The number of carbonyl (C=O) groups is 2. The summed E-state index contributed by atoms with van der Waals surface area (Å²) in [5.74, 6) is -1.32. The summed E-state index contributed by atoms with van der Waals surface area (Å²) in [6.07, 6.45) is 5.19. The minimum absolute atomic E-state index is 0.117. The van der Waals surface area contributed by atoms with Gasteiger partial charge < -0.3 is 20.8 Å². The smallest absolute Gasteiger partial charge is 0.223 e. The summed E-state index contributed by atoms with van der Waals surface area (Å²) in [5.41, 5.74) is 1.95. The number of allylic oxidation sites excluding steroid dienone is 3. The third-order valence-corrected chi connectivity index (χ3v) is 8.40. The van der Waals surface area contributed by atoms with Crippen molar-refractivity contribution in [2.24, 2.45) is 17.3 Å². The van der Waals surface area contributed by atoms with Gasteiger partial charge in [0.05, 0.1) is 35.5 Å². The predicted molar refractivity (Wildman–Crippen MR) is 142 cm³/mol. The van der Waals surface area contributed by atoms with Gasteiger partial charge in [0.15, 0.2) is 0 Å². The first-order chi connectivity index (χ1) is 16.4. The highest BCUT2D eigenvalue weighted by Crippen LogP contribution is 2.40. The summed E-state index contributed by atoms with van der Waals surface area (Å²) in [6.45, 7) is 11.1. The van der Waals surface area contributed by atoms with Crippen LogP contribution in [-0.4, -0.2) is 39.5 Å². The van der Waals surface area contributed by atoms with Crippen molar-refractivity contribution < 1.29 is 19.8 Å². The van der Waals surface area contributed by atoms with E-state index in [2.05, 4.69) is 35.8 Å². The second-order valence-corrected chi connectivity index (χ2v) is 12.0. The van der Waals surface area contributed by atoms with E-state index in [9.17, 15) is 19.8 Å². The Labute approximate surface area is 213 Å². The molecule has 0 radical (unpaired) electrons. The maximum atomic E-state index is 13.2. The number of hydrogen-bond donors (Lipinski definition) is 4. The first-order valence-electron chi connectivity index (χ1n) is 12.5. The zero-order valence-electron chi connectivity index (χ0n) is 21.7. The third-order valence-electron chi connectivity index (χ3n) is 7.32. The number of hydrogen-bond acceptors (Lipinski definition) is 6. The van der Waals surface area contributed by atoms with Gasteiger partial charge in [-0.15, -0.1) is 0 Å². The third kappa shape index (κ3) is 6.57. The highest BCUT2D eigenvalue weighted by Gasteiger charge is 2.42. The zero-order valence-corrected chi connectivity index (χ0v) is 22.5. The number of amides is 1. The van der Waals surface area contributed by atoms with Gasteiger partial charge in [0, 0.05) is 16.5 Å². The molecule has 3 rings (SSSR count). The lowest BCUT2D eigenvalue weighted by Crippen LogP contribution is -2.46. The minimum atomic E-state index is -1.17. The van der Waals surface area contributed by atoms with Gasteiger partial charge in [-0.1, -0.05) is 69.3 Å². The van der Waals surface area contributed by atoms with Crippen LogP contribution in [-0.2, 0) is 9.59 Å². The quantitative estimate of drug-likeness (QED) is 0.434. The number of fused-ring (bicyclic) bond motifs is 1. The number of anilines is 1. The van der Waals surface area contributed by atoms with E-state index in [0.29, 0.717) is 18.2 Å². The second-order valence-electron chi connectivity index (χ2n) is 10.7. The molecule has 0 aliphatic carbocycles. The molecule has 7 heteroatoms. The van der Waals surface area contributed by atoms with Gasteiger partial charge in [0.2, 0.25) is 5.91 Å².